The van der Waals surface area contributed by atoms with Crippen LogP contribution in [0.2, 0.25) is 5.28 Å². The van der Waals surface area contributed by atoms with Crippen molar-refractivity contribution in [1.29, 1.82) is 0 Å². The van der Waals surface area contributed by atoms with E-state index in [2.05, 4.69) is 21.4 Å². The van der Waals surface area contributed by atoms with Gasteiger partial charge in [0.1, 0.15) is 22.5 Å². The molecular weight excluding hydrogens is 306 g/mol. The maximum absolute atomic E-state index is 5.96. The summed E-state index contributed by atoms with van der Waals surface area (Å²) in [7, 11) is 0. The number of aromatic nitrogens is 2. The van der Waals surface area contributed by atoms with Crippen molar-refractivity contribution in [3.05, 3.63) is 46.6 Å². The molecule has 1 aliphatic heterocycles. The van der Waals surface area contributed by atoms with Crippen LogP contribution in [0.25, 0.3) is 10.2 Å². The van der Waals surface area contributed by atoms with Crippen LogP contribution >= 0.6 is 22.9 Å². The fourth-order valence-corrected chi connectivity index (χ4v) is 3.53. The van der Waals surface area contributed by atoms with Gasteiger partial charge in [0.05, 0.1) is 11.9 Å². The molecule has 0 saturated heterocycles. The van der Waals surface area contributed by atoms with Gasteiger partial charge in [-0.15, -0.1) is 11.3 Å². The standard InChI is InChI=1S/C15H12ClN3OS/c16-15-18-13(11-5-6-21-14(11)19-15)17-8-10-7-9-3-1-2-4-12(9)20-10/h1-6,10H,7-8H2,(H,17,18,19). The first-order chi connectivity index (χ1) is 10.3. The molecule has 1 N–H and O–H groups in total. The van der Waals surface area contributed by atoms with Crippen molar-refractivity contribution in [3.63, 3.8) is 0 Å². The molecule has 0 saturated carbocycles. The van der Waals surface area contributed by atoms with Gasteiger partial charge in [-0.1, -0.05) is 18.2 Å². The van der Waals surface area contributed by atoms with Gasteiger partial charge >= 0.3 is 0 Å². The van der Waals surface area contributed by atoms with E-state index in [4.69, 9.17) is 16.3 Å². The molecule has 6 heteroatoms. The van der Waals surface area contributed by atoms with Gasteiger partial charge in [0.2, 0.25) is 5.28 Å². The van der Waals surface area contributed by atoms with Crippen molar-refractivity contribution in [2.75, 3.05) is 11.9 Å². The lowest BCUT2D eigenvalue weighted by Crippen LogP contribution is -2.24. The number of fused-ring (bicyclic) bond motifs is 2. The molecule has 0 fully saturated rings. The lowest BCUT2D eigenvalue weighted by molar-refractivity contribution is 0.246. The minimum absolute atomic E-state index is 0.116. The number of thiophene rings is 1. The first kappa shape index (κ1) is 12.9. The Hall–Kier alpha value is -1.85. The van der Waals surface area contributed by atoms with E-state index in [1.54, 1.807) is 11.3 Å². The van der Waals surface area contributed by atoms with Gasteiger partial charge in [0.15, 0.2) is 0 Å². The van der Waals surface area contributed by atoms with Crippen LogP contribution < -0.4 is 10.1 Å². The van der Waals surface area contributed by atoms with Gasteiger partial charge in [-0.25, -0.2) is 9.97 Å². The summed E-state index contributed by atoms with van der Waals surface area (Å²) in [6.07, 6.45) is 1.03. The Bertz CT molecular complexity index is 779. The molecule has 21 heavy (non-hydrogen) atoms. The molecule has 0 bridgehead atoms. The predicted molar refractivity (Wildman–Crippen MR) is 85.5 cm³/mol. The molecule has 2 aromatic heterocycles. The van der Waals surface area contributed by atoms with Crippen molar-refractivity contribution in [1.82, 2.24) is 9.97 Å². The van der Waals surface area contributed by atoms with Crippen molar-refractivity contribution < 1.29 is 4.74 Å². The number of nitrogens with one attached hydrogen (secondary N) is 1. The smallest absolute Gasteiger partial charge is 0.225 e. The van der Waals surface area contributed by atoms with E-state index < -0.39 is 0 Å². The van der Waals surface area contributed by atoms with E-state index >= 15 is 0 Å². The summed E-state index contributed by atoms with van der Waals surface area (Å²) >= 11 is 7.52. The lowest BCUT2D eigenvalue weighted by Gasteiger charge is -2.13. The highest BCUT2D eigenvalue weighted by atomic mass is 35.5. The molecule has 0 amide bonds. The summed E-state index contributed by atoms with van der Waals surface area (Å²) in [5.74, 6) is 1.75. The van der Waals surface area contributed by atoms with Crippen LogP contribution in [0.1, 0.15) is 5.56 Å². The van der Waals surface area contributed by atoms with Crippen LogP contribution in [0.4, 0.5) is 5.82 Å². The average Bonchev–Trinajstić information content (AvgIpc) is 3.10. The molecule has 0 aliphatic carbocycles. The molecule has 1 aliphatic rings. The minimum Gasteiger partial charge on any atom is -0.488 e. The van der Waals surface area contributed by atoms with Crippen molar-refractivity contribution >= 4 is 39.0 Å². The van der Waals surface area contributed by atoms with E-state index in [-0.39, 0.29) is 11.4 Å². The number of benzene rings is 1. The van der Waals surface area contributed by atoms with Gasteiger partial charge in [0, 0.05) is 6.42 Å². The minimum atomic E-state index is 0.116. The molecule has 4 rings (SSSR count). The van der Waals surface area contributed by atoms with E-state index in [9.17, 15) is 0 Å². The van der Waals surface area contributed by atoms with E-state index in [0.717, 1.165) is 28.2 Å². The van der Waals surface area contributed by atoms with Gasteiger partial charge in [-0.05, 0) is 34.7 Å². The van der Waals surface area contributed by atoms with E-state index in [1.165, 1.54) is 5.56 Å². The van der Waals surface area contributed by atoms with Gasteiger partial charge in [0.25, 0.3) is 0 Å². The Morgan fingerprint density at radius 2 is 2.19 bits per heavy atom. The largest absolute Gasteiger partial charge is 0.488 e. The zero-order valence-corrected chi connectivity index (χ0v) is 12.6. The summed E-state index contributed by atoms with van der Waals surface area (Å²) in [5.41, 5.74) is 1.26. The second-order valence-corrected chi connectivity index (χ2v) is 6.15. The van der Waals surface area contributed by atoms with Crippen LogP contribution in [-0.2, 0) is 6.42 Å². The molecule has 1 atom stereocenters. The van der Waals surface area contributed by atoms with Crippen molar-refractivity contribution in [2.24, 2.45) is 0 Å². The first-order valence-electron chi connectivity index (χ1n) is 6.69. The molecular formula is C15H12ClN3OS. The Labute approximate surface area is 130 Å². The van der Waals surface area contributed by atoms with Gasteiger partial charge in [-0.2, -0.15) is 0 Å². The number of nitrogens with zero attached hydrogens (tertiary/aromatic N) is 2. The molecule has 4 nitrogen and oxygen atoms in total. The maximum Gasteiger partial charge on any atom is 0.225 e. The highest BCUT2D eigenvalue weighted by Gasteiger charge is 2.22. The van der Waals surface area contributed by atoms with Crippen LogP contribution in [0, 0.1) is 0 Å². The quantitative estimate of drug-likeness (QED) is 0.747. The van der Waals surface area contributed by atoms with Crippen LogP contribution in [0.15, 0.2) is 35.7 Å². The summed E-state index contributed by atoms with van der Waals surface area (Å²) < 4.78 is 5.92. The molecule has 0 radical (unpaired) electrons. The van der Waals surface area contributed by atoms with Crippen LogP contribution in [-0.4, -0.2) is 22.6 Å². The number of para-hydroxylation sites is 1. The molecule has 106 valence electrons. The van der Waals surface area contributed by atoms with Gasteiger partial charge in [-0.3, -0.25) is 0 Å². The second kappa shape index (κ2) is 5.16. The number of ether oxygens (including phenoxy) is 1. The highest BCUT2D eigenvalue weighted by Crippen LogP contribution is 2.29. The SMILES string of the molecule is Clc1nc(NCC2Cc3ccccc3O2)c2ccsc2n1. The fraction of sp³-hybridized carbons (Fsp3) is 0.200. The number of anilines is 1. The molecule has 3 aromatic rings. The van der Waals surface area contributed by atoms with Crippen LogP contribution in [0.3, 0.4) is 0 Å². The average molecular weight is 318 g/mol. The Kier molecular flexibility index (Phi) is 3.16. The zero-order chi connectivity index (χ0) is 14.2. The Balaban J connectivity index is 1.51. The summed E-state index contributed by atoms with van der Waals surface area (Å²) in [4.78, 5) is 9.38. The van der Waals surface area contributed by atoms with E-state index in [1.807, 2.05) is 29.6 Å². The highest BCUT2D eigenvalue weighted by molar-refractivity contribution is 7.16. The third-order valence-electron chi connectivity index (χ3n) is 3.51. The monoisotopic (exact) mass is 317 g/mol. The van der Waals surface area contributed by atoms with Crippen molar-refractivity contribution in [2.45, 2.75) is 12.5 Å². The zero-order valence-electron chi connectivity index (χ0n) is 11.0. The summed E-state index contributed by atoms with van der Waals surface area (Å²) in [6.45, 7) is 0.687. The second-order valence-electron chi connectivity index (χ2n) is 4.91. The molecule has 1 aromatic carbocycles. The third kappa shape index (κ3) is 2.43. The lowest BCUT2D eigenvalue weighted by atomic mass is 10.1. The molecule has 0 spiro atoms. The van der Waals surface area contributed by atoms with E-state index in [0.29, 0.717) is 6.54 Å². The molecule has 3 heterocycles. The predicted octanol–water partition coefficient (Wildman–Crippen LogP) is 3.76. The van der Waals surface area contributed by atoms with Crippen LogP contribution in [0.5, 0.6) is 5.75 Å². The topological polar surface area (TPSA) is 47.0 Å². The number of hydrogen-bond acceptors (Lipinski definition) is 5. The normalized spacial score (nSPS) is 16.7. The van der Waals surface area contributed by atoms with Crippen molar-refractivity contribution in [3.8, 4) is 5.75 Å². The summed E-state index contributed by atoms with van der Waals surface area (Å²) in [6, 6.07) is 10.1. The third-order valence-corrected chi connectivity index (χ3v) is 4.48. The number of hydrogen-bond donors (Lipinski definition) is 1. The summed E-state index contributed by atoms with van der Waals surface area (Å²) in [5, 5.41) is 6.59. The number of halogens is 1. The number of rotatable bonds is 3. The fourth-order valence-electron chi connectivity index (χ4n) is 2.54. The first-order valence-corrected chi connectivity index (χ1v) is 7.94. The maximum atomic E-state index is 5.96. The Morgan fingerprint density at radius 1 is 1.29 bits per heavy atom. The Morgan fingerprint density at radius 3 is 3.10 bits per heavy atom. The molecule has 1 unspecified atom stereocenters. The van der Waals surface area contributed by atoms with Gasteiger partial charge < -0.3 is 10.1 Å².